The molecule has 0 spiro atoms. The number of carbonyl (C=O) groups excluding carboxylic acids is 1. The van der Waals surface area contributed by atoms with Gasteiger partial charge in [-0.05, 0) is 61.2 Å². The van der Waals surface area contributed by atoms with Gasteiger partial charge in [0.05, 0.1) is 25.8 Å². The SMILES string of the molecule is COc1ccc(-c2cn(C[C@H]3CC4CCN3C[C@@H]4C(=O)NCc3cccnc3)nn2)cc1. The molecule has 0 aliphatic carbocycles. The van der Waals surface area contributed by atoms with Crippen molar-refractivity contribution in [1.29, 1.82) is 0 Å². The number of nitrogens with zero attached hydrogens (tertiary/aromatic N) is 5. The molecule has 3 fully saturated rings. The summed E-state index contributed by atoms with van der Waals surface area (Å²) in [6.07, 6.45) is 7.64. The average molecular weight is 433 g/mol. The number of hydrogen-bond donors (Lipinski definition) is 1. The first-order valence-corrected chi connectivity index (χ1v) is 11.1. The van der Waals surface area contributed by atoms with E-state index < -0.39 is 0 Å². The molecule has 2 unspecified atom stereocenters. The fourth-order valence-electron chi connectivity index (χ4n) is 4.95. The minimum Gasteiger partial charge on any atom is -0.497 e. The molecule has 0 radical (unpaired) electrons. The maximum Gasteiger partial charge on any atom is 0.224 e. The number of hydrogen-bond acceptors (Lipinski definition) is 6. The molecule has 2 bridgehead atoms. The topological polar surface area (TPSA) is 85.2 Å². The van der Waals surface area contributed by atoms with E-state index in [9.17, 15) is 4.79 Å². The predicted molar refractivity (Wildman–Crippen MR) is 120 cm³/mol. The summed E-state index contributed by atoms with van der Waals surface area (Å²) in [6, 6.07) is 12.1. The molecule has 0 saturated carbocycles. The Labute approximate surface area is 187 Å². The summed E-state index contributed by atoms with van der Waals surface area (Å²) in [7, 11) is 1.66. The lowest BCUT2D eigenvalue weighted by molar-refractivity contribution is -0.133. The van der Waals surface area contributed by atoms with Gasteiger partial charge in [0.25, 0.3) is 0 Å². The van der Waals surface area contributed by atoms with Gasteiger partial charge in [-0.25, -0.2) is 0 Å². The van der Waals surface area contributed by atoms with Crippen LogP contribution < -0.4 is 10.1 Å². The molecule has 1 N–H and O–H groups in total. The number of fused-ring (bicyclic) bond motifs is 3. The summed E-state index contributed by atoms with van der Waals surface area (Å²) in [5.41, 5.74) is 2.91. The van der Waals surface area contributed by atoms with E-state index in [0.717, 1.165) is 55.0 Å². The van der Waals surface area contributed by atoms with Crippen molar-refractivity contribution in [3.8, 4) is 17.0 Å². The smallest absolute Gasteiger partial charge is 0.224 e. The van der Waals surface area contributed by atoms with Gasteiger partial charge in [-0.1, -0.05) is 11.3 Å². The fourth-order valence-corrected chi connectivity index (χ4v) is 4.95. The number of methoxy groups -OCH3 is 1. The molecule has 32 heavy (non-hydrogen) atoms. The van der Waals surface area contributed by atoms with E-state index in [4.69, 9.17) is 4.74 Å². The highest BCUT2D eigenvalue weighted by Crippen LogP contribution is 2.37. The molecule has 2 aromatic heterocycles. The van der Waals surface area contributed by atoms with E-state index >= 15 is 0 Å². The van der Waals surface area contributed by atoms with Gasteiger partial charge >= 0.3 is 0 Å². The lowest BCUT2D eigenvalue weighted by atomic mass is 9.75. The molecule has 1 amide bonds. The van der Waals surface area contributed by atoms with Crippen molar-refractivity contribution in [3.63, 3.8) is 0 Å². The van der Waals surface area contributed by atoms with Gasteiger partial charge in [-0.2, -0.15) is 0 Å². The second-order valence-corrected chi connectivity index (χ2v) is 8.67. The monoisotopic (exact) mass is 432 g/mol. The summed E-state index contributed by atoms with van der Waals surface area (Å²) in [4.78, 5) is 19.4. The quantitative estimate of drug-likeness (QED) is 0.617. The van der Waals surface area contributed by atoms with Crippen LogP contribution in [0.3, 0.4) is 0 Å². The summed E-state index contributed by atoms with van der Waals surface area (Å²) in [6.45, 7) is 3.19. The maximum absolute atomic E-state index is 12.8. The summed E-state index contributed by atoms with van der Waals surface area (Å²) >= 11 is 0. The Bertz CT molecular complexity index is 1050. The first-order valence-electron chi connectivity index (χ1n) is 11.1. The molecular formula is C24H28N6O2. The maximum atomic E-state index is 12.8. The molecule has 6 rings (SSSR count). The lowest BCUT2D eigenvalue weighted by Gasteiger charge is -2.49. The van der Waals surface area contributed by atoms with Crippen LogP contribution in [0.4, 0.5) is 0 Å². The average Bonchev–Trinajstić information content (AvgIpc) is 3.32. The van der Waals surface area contributed by atoms with Crippen molar-refractivity contribution >= 4 is 5.91 Å². The number of nitrogens with one attached hydrogen (secondary N) is 1. The standard InChI is InChI=1S/C24H28N6O2/c1-32-21-6-4-18(5-7-21)23-16-30(28-27-23)14-20-11-19-8-10-29(20)15-22(19)24(31)26-13-17-3-2-9-25-12-17/h2-7,9,12,16,19-20,22H,8,10-11,13-15H2,1H3,(H,26,31)/t19?,20-,22+/m1/s1. The molecule has 4 atom stereocenters. The Balaban J connectivity index is 1.18. The third-order valence-corrected chi connectivity index (χ3v) is 6.73. The van der Waals surface area contributed by atoms with Gasteiger partial charge in [-0.15, -0.1) is 5.10 Å². The second-order valence-electron chi connectivity index (χ2n) is 8.67. The number of benzene rings is 1. The van der Waals surface area contributed by atoms with Crippen molar-refractivity contribution in [2.45, 2.75) is 32.0 Å². The Morgan fingerprint density at radius 3 is 2.84 bits per heavy atom. The predicted octanol–water partition coefficient (Wildman–Crippen LogP) is 2.38. The molecular weight excluding hydrogens is 404 g/mol. The molecule has 3 aromatic rings. The van der Waals surface area contributed by atoms with Crippen LogP contribution in [0.15, 0.2) is 55.0 Å². The van der Waals surface area contributed by atoms with Gasteiger partial charge in [0.2, 0.25) is 5.91 Å². The third kappa shape index (κ3) is 4.36. The van der Waals surface area contributed by atoms with Crippen LogP contribution in [0, 0.1) is 11.8 Å². The summed E-state index contributed by atoms with van der Waals surface area (Å²) in [5, 5.41) is 11.8. The van der Waals surface area contributed by atoms with Crippen LogP contribution >= 0.6 is 0 Å². The molecule has 3 aliphatic rings. The van der Waals surface area contributed by atoms with Crippen molar-refractivity contribution in [3.05, 3.63) is 60.6 Å². The molecule has 166 valence electrons. The highest BCUT2D eigenvalue weighted by atomic mass is 16.5. The van der Waals surface area contributed by atoms with Crippen molar-refractivity contribution in [2.24, 2.45) is 11.8 Å². The Hall–Kier alpha value is -3.26. The number of pyridine rings is 1. The number of amides is 1. The van der Waals surface area contributed by atoms with Gasteiger partial charge in [-0.3, -0.25) is 19.4 Å². The zero-order valence-electron chi connectivity index (χ0n) is 18.2. The van der Waals surface area contributed by atoms with Crippen molar-refractivity contribution < 1.29 is 9.53 Å². The Morgan fingerprint density at radius 2 is 2.12 bits per heavy atom. The fraction of sp³-hybridized carbons (Fsp3) is 0.417. The number of piperidine rings is 3. The van der Waals surface area contributed by atoms with E-state index in [-0.39, 0.29) is 11.8 Å². The lowest BCUT2D eigenvalue weighted by Crippen LogP contribution is -2.58. The number of ether oxygens (including phenoxy) is 1. The van der Waals surface area contributed by atoms with E-state index in [1.807, 2.05) is 47.3 Å². The molecule has 8 heteroatoms. The van der Waals surface area contributed by atoms with Crippen LogP contribution in [0.5, 0.6) is 5.75 Å². The second kappa shape index (κ2) is 9.08. The van der Waals surface area contributed by atoms with Crippen LogP contribution in [0.1, 0.15) is 18.4 Å². The first kappa shape index (κ1) is 20.6. The van der Waals surface area contributed by atoms with Gasteiger partial charge in [0.15, 0.2) is 0 Å². The highest BCUT2D eigenvalue weighted by molar-refractivity contribution is 5.79. The van der Waals surface area contributed by atoms with E-state index in [0.29, 0.717) is 18.5 Å². The highest BCUT2D eigenvalue weighted by Gasteiger charge is 2.43. The van der Waals surface area contributed by atoms with E-state index in [1.165, 1.54) is 0 Å². The Kier molecular flexibility index (Phi) is 5.85. The summed E-state index contributed by atoms with van der Waals surface area (Å²) in [5.74, 6) is 1.46. The van der Waals surface area contributed by atoms with Gasteiger partial charge in [0.1, 0.15) is 11.4 Å². The van der Waals surface area contributed by atoms with Crippen LogP contribution in [0.25, 0.3) is 11.3 Å². The summed E-state index contributed by atoms with van der Waals surface area (Å²) < 4.78 is 7.16. The number of rotatable bonds is 7. The van der Waals surface area contributed by atoms with E-state index in [1.54, 1.807) is 19.5 Å². The minimum absolute atomic E-state index is 0.0577. The first-order chi connectivity index (χ1) is 15.7. The van der Waals surface area contributed by atoms with Crippen molar-refractivity contribution in [2.75, 3.05) is 20.2 Å². The molecule has 5 heterocycles. The molecule has 8 nitrogen and oxygen atoms in total. The van der Waals surface area contributed by atoms with Crippen LogP contribution in [-0.2, 0) is 17.9 Å². The zero-order chi connectivity index (χ0) is 21.9. The van der Waals surface area contributed by atoms with Crippen molar-refractivity contribution in [1.82, 2.24) is 30.2 Å². The molecule has 1 aromatic carbocycles. The van der Waals surface area contributed by atoms with Gasteiger partial charge in [0, 0.05) is 37.1 Å². The minimum atomic E-state index is 0.0577. The van der Waals surface area contributed by atoms with Crippen LogP contribution in [-0.4, -0.2) is 57.0 Å². The third-order valence-electron chi connectivity index (χ3n) is 6.73. The number of aromatic nitrogens is 4. The molecule has 3 saturated heterocycles. The van der Waals surface area contributed by atoms with Gasteiger partial charge < -0.3 is 10.1 Å². The Morgan fingerprint density at radius 1 is 1.25 bits per heavy atom. The van der Waals surface area contributed by atoms with E-state index in [2.05, 4.69) is 25.5 Å². The normalized spacial score (nSPS) is 24.3. The largest absolute Gasteiger partial charge is 0.497 e. The zero-order valence-corrected chi connectivity index (χ0v) is 18.2. The molecule has 3 aliphatic heterocycles. The number of carbonyl (C=O) groups is 1. The van der Waals surface area contributed by atoms with Crippen LogP contribution in [0.2, 0.25) is 0 Å².